The lowest BCUT2D eigenvalue weighted by Crippen LogP contribution is -2.18. The van der Waals surface area contributed by atoms with Gasteiger partial charge in [0.05, 0.1) is 16.7 Å². The van der Waals surface area contributed by atoms with Gasteiger partial charge in [-0.1, -0.05) is 51.9 Å². The second-order valence-corrected chi connectivity index (χ2v) is 6.04. The zero-order valence-corrected chi connectivity index (χ0v) is 11.6. The Morgan fingerprint density at radius 1 is 1.25 bits per heavy atom. The quantitative estimate of drug-likeness (QED) is 0.881. The summed E-state index contributed by atoms with van der Waals surface area (Å²) in [4.78, 5) is 0.946. The molecule has 16 heavy (non-hydrogen) atoms. The van der Waals surface area contributed by atoms with Crippen molar-refractivity contribution < 1.29 is 5.11 Å². The van der Waals surface area contributed by atoms with Crippen LogP contribution in [0, 0.1) is 5.92 Å². The highest BCUT2D eigenvalue weighted by molar-refractivity contribution is 7.05. The predicted octanol–water partition coefficient (Wildman–Crippen LogP) is 3.31. The zero-order chi connectivity index (χ0) is 12.3. The van der Waals surface area contributed by atoms with E-state index in [4.69, 9.17) is 0 Å². The Balaban J connectivity index is 3.00. The van der Waals surface area contributed by atoms with E-state index >= 15 is 0 Å². The Bertz CT molecular complexity index is 326. The molecule has 1 atom stereocenters. The van der Waals surface area contributed by atoms with E-state index in [1.165, 1.54) is 11.5 Å². The van der Waals surface area contributed by atoms with Crippen molar-refractivity contribution in [2.45, 2.75) is 59.0 Å². The lowest BCUT2D eigenvalue weighted by Gasteiger charge is -2.23. The van der Waals surface area contributed by atoms with Crippen molar-refractivity contribution in [2.75, 3.05) is 0 Å². The lowest BCUT2D eigenvalue weighted by atomic mass is 9.87. The molecule has 92 valence electrons. The number of aromatic nitrogens is 2. The van der Waals surface area contributed by atoms with Crippen molar-refractivity contribution >= 4 is 11.5 Å². The van der Waals surface area contributed by atoms with Crippen LogP contribution in [0.4, 0.5) is 0 Å². The van der Waals surface area contributed by atoms with Gasteiger partial charge in [0.25, 0.3) is 0 Å². The van der Waals surface area contributed by atoms with Crippen LogP contribution >= 0.6 is 11.5 Å². The molecule has 0 saturated heterocycles. The van der Waals surface area contributed by atoms with Crippen molar-refractivity contribution in [1.29, 1.82) is 0 Å². The van der Waals surface area contributed by atoms with Gasteiger partial charge in [0.1, 0.15) is 0 Å². The van der Waals surface area contributed by atoms with Gasteiger partial charge >= 0.3 is 0 Å². The minimum Gasteiger partial charge on any atom is -0.387 e. The maximum Gasteiger partial charge on any atom is 0.0945 e. The summed E-state index contributed by atoms with van der Waals surface area (Å²) in [5.41, 5.74) is 0.895. The summed E-state index contributed by atoms with van der Waals surface area (Å²) in [5.74, 6) is 0.309. The van der Waals surface area contributed by atoms with Crippen molar-refractivity contribution in [3.8, 4) is 0 Å². The average Bonchev–Trinajstić information content (AvgIpc) is 2.67. The smallest absolute Gasteiger partial charge is 0.0945 e. The molecular formula is C12H22N2OS. The first-order valence-electron chi connectivity index (χ1n) is 5.92. The first-order valence-corrected chi connectivity index (χ1v) is 6.69. The second-order valence-electron chi connectivity index (χ2n) is 5.26. The van der Waals surface area contributed by atoms with Crippen LogP contribution in [-0.2, 0) is 5.41 Å². The highest BCUT2D eigenvalue weighted by Crippen LogP contribution is 2.35. The molecule has 1 heterocycles. The number of nitrogens with zero attached hydrogens (tertiary/aromatic N) is 2. The third-order valence-electron chi connectivity index (χ3n) is 2.99. The van der Waals surface area contributed by atoms with Crippen molar-refractivity contribution in [3.63, 3.8) is 0 Å². The highest BCUT2D eigenvalue weighted by atomic mass is 32.1. The van der Waals surface area contributed by atoms with Crippen LogP contribution in [0.3, 0.4) is 0 Å². The fraction of sp³-hybridized carbons (Fsp3) is 0.833. The number of hydrogen-bond donors (Lipinski definition) is 1. The molecule has 0 aromatic carbocycles. The van der Waals surface area contributed by atoms with Gasteiger partial charge < -0.3 is 5.11 Å². The van der Waals surface area contributed by atoms with E-state index in [1.54, 1.807) is 0 Å². The molecule has 0 aliphatic heterocycles. The van der Waals surface area contributed by atoms with Crippen LogP contribution < -0.4 is 0 Å². The first-order chi connectivity index (χ1) is 7.41. The number of rotatable bonds is 4. The van der Waals surface area contributed by atoms with Crippen LogP contribution in [-0.4, -0.2) is 14.7 Å². The van der Waals surface area contributed by atoms with Gasteiger partial charge in [0.15, 0.2) is 0 Å². The monoisotopic (exact) mass is 242 g/mol. The van der Waals surface area contributed by atoms with Crippen molar-refractivity contribution in [3.05, 3.63) is 10.6 Å². The van der Waals surface area contributed by atoms with Gasteiger partial charge in [0.2, 0.25) is 0 Å². The Kier molecular flexibility index (Phi) is 4.44. The van der Waals surface area contributed by atoms with Gasteiger partial charge in [-0.05, 0) is 17.5 Å². The molecule has 1 unspecified atom stereocenters. The molecule has 0 aliphatic rings. The third-order valence-corrected chi connectivity index (χ3v) is 3.78. The maximum atomic E-state index is 10.3. The fourth-order valence-corrected chi connectivity index (χ4v) is 2.81. The van der Waals surface area contributed by atoms with E-state index in [0.29, 0.717) is 5.92 Å². The molecule has 0 aliphatic carbocycles. The molecule has 0 fully saturated rings. The summed E-state index contributed by atoms with van der Waals surface area (Å²) in [6.45, 7) is 10.5. The topological polar surface area (TPSA) is 46.0 Å². The Morgan fingerprint density at radius 2 is 1.81 bits per heavy atom. The molecule has 0 radical (unpaired) electrons. The van der Waals surface area contributed by atoms with Gasteiger partial charge in [-0.15, -0.1) is 5.10 Å². The van der Waals surface area contributed by atoms with Crippen LogP contribution in [0.5, 0.6) is 0 Å². The minimum absolute atomic E-state index is 0.0463. The minimum atomic E-state index is -0.413. The van der Waals surface area contributed by atoms with Gasteiger partial charge in [-0.3, -0.25) is 0 Å². The molecule has 1 rings (SSSR count). The molecule has 1 aromatic rings. The average molecular weight is 242 g/mol. The molecule has 0 bridgehead atoms. The standard InChI is InChI=1S/C12H22N2OS/c1-6-8(7-2)9(15)10-11(12(3,4)5)13-14-16-10/h8-9,15H,6-7H2,1-5H3. The number of aliphatic hydroxyl groups excluding tert-OH is 1. The Hall–Kier alpha value is -0.480. The van der Waals surface area contributed by atoms with Gasteiger partial charge in [0, 0.05) is 5.41 Å². The predicted molar refractivity (Wildman–Crippen MR) is 67.6 cm³/mol. The lowest BCUT2D eigenvalue weighted by molar-refractivity contribution is 0.105. The van der Waals surface area contributed by atoms with Crippen LogP contribution in [0.15, 0.2) is 0 Å². The third kappa shape index (κ3) is 2.80. The number of hydrogen-bond acceptors (Lipinski definition) is 4. The second kappa shape index (κ2) is 5.23. The van der Waals surface area contributed by atoms with Crippen LogP contribution in [0.2, 0.25) is 0 Å². The van der Waals surface area contributed by atoms with Gasteiger partial charge in [-0.2, -0.15) is 0 Å². The molecule has 3 nitrogen and oxygen atoms in total. The summed E-state index contributed by atoms with van der Waals surface area (Å²) in [7, 11) is 0. The molecule has 1 aromatic heterocycles. The van der Waals surface area contributed by atoms with E-state index < -0.39 is 6.10 Å². The fourth-order valence-electron chi connectivity index (χ4n) is 1.86. The summed E-state index contributed by atoms with van der Waals surface area (Å²) >= 11 is 1.33. The van der Waals surface area contributed by atoms with Crippen LogP contribution in [0.1, 0.15) is 64.1 Å². The number of aliphatic hydroxyl groups is 1. The van der Waals surface area contributed by atoms with Crippen molar-refractivity contribution in [1.82, 2.24) is 9.59 Å². The molecule has 0 spiro atoms. The molecule has 1 N–H and O–H groups in total. The van der Waals surface area contributed by atoms with E-state index in [1.807, 2.05) is 0 Å². The zero-order valence-electron chi connectivity index (χ0n) is 10.8. The van der Waals surface area contributed by atoms with E-state index in [0.717, 1.165) is 23.4 Å². The van der Waals surface area contributed by atoms with Gasteiger partial charge in [-0.25, -0.2) is 0 Å². The van der Waals surface area contributed by atoms with E-state index in [9.17, 15) is 5.11 Å². The molecule has 0 amide bonds. The first kappa shape index (κ1) is 13.6. The molecular weight excluding hydrogens is 220 g/mol. The maximum absolute atomic E-state index is 10.3. The van der Waals surface area contributed by atoms with E-state index in [2.05, 4.69) is 44.2 Å². The summed E-state index contributed by atoms with van der Waals surface area (Å²) in [6.07, 6.45) is 1.56. The van der Waals surface area contributed by atoms with E-state index in [-0.39, 0.29) is 5.41 Å². The van der Waals surface area contributed by atoms with Crippen molar-refractivity contribution in [2.24, 2.45) is 5.92 Å². The largest absolute Gasteiger partial charge is 0.387 e. The summed E-state index contributed by atoms with van der Waals surface area (Å²) in [6, 6.07) is 0. The Labute approximate surface area is 102 Å². The van der Waals surface area contributed by atoms with Crippen LogP contribution in [0.25, 0.3) is 0 Å². The highest BCUT2D eigenvalue weighted by Gasteiger charge is 2.29. The molecule has 0 saturated carbocycles. The normalized spacial score (nSPS) is 14.4. The Morgan fingerprint density at radius 3 is 2.25 bits per heavy atom. The summed E-state index contributed by atoms with van der Waals surface area (Å²) < 4.78 is 3.99. The summed E-state index contributed by atoms with van der Waals surface area (Å²) in [5, 5.41) is 14.5. The SMILES string of the molecule is CCC(CC)C(O)c1snnc1C(C)(C)C. The molecule has 4 heteroatoms.